The van der Waals surface area contributed by atoms with Gasteiger partial charge in [0.1, 0.15) is 30.5 Å². The van der Waals surface area contributed by atoms with Gasteiger partial charge in [0.25, 0.3) is 0 Å². The highest BCUT2D eigenvalue weighted by Crippen LogP contribution is 2.41. The summed E-state index contributed by atoms with van der Waals surface area (Å²) in [6, 6.07) is 55.5. The Morgan fingerprint density at radius 2 is 1.05 bits per heavy atom. The Morgan fingerprint density at radius 1 is 0.526 bits per heavy atom. The Labute approximate surface area is 339 Å². The minimum atomic E-state index is -0.612. The highest BCUT2D eigenvalue weighted by atomic mass is 32.1. The van der Waals surface area contributed by atoms with Gasteiger partial charge in [0.15, 0.2) is 0 Å². The number of aliphatic hydroxyl groups is 1. The van der Waals surface area contributed by atoms with Gasteiger partial charge in [0, 0.05) is 11.3 Å². The van der Waals surface area contributed by atoms with E-state index in [1.165, 1.54) is 15.6 Å². The summed E-state index contributed by atoms with van der Waals surface area (Å²) in [4.78, 5) is 1.29. The van der Waals surface area contributed by atoms with Crippen molar-refractivity contribution in [3.05, 3.63) is 213 Å². The van der Waals surface area contributed by atoms with Crippen LogP contribution >= 0.6 is 11.3 Å². The molecule has 7 heteroatoms. The minimum absolute atomic E-state index is 0.151. The third-order valence-corrected chi connectivity index (χ3v) is 11.5. The molecular weight excluding hydrogens is 729 g/mol. The molecule has 0 unspecified atom stereocenters. The molecule has 1 saturated heterocycles. The van der Waals surface area contributed by atoms with E-state index >= 15 is 0 Å². The lowest BCUT2D eigenvalue weighted by molar-refractivity contribution is -0.275. The number of fused-ring (bicyclic) bond motifs is 1. The molecule has 0 saturated carbocycles. The van der Waals surface area contributed by atoms with Gasteiger partial charge in [0.2, 0.25) is 0 Å². The van der Waals surface area contributed by atoms with Crippen LogP contribution < -0.4 is 0 Å². The van der Waals surface area contributed by atoms with Gasteiger partial charge < -0.3 is 28.8 Å². The number of hydrogen-bond acceptors (Lipinski definition) is 7. The van der Waals surface area contributed by atoms with Crippen LogP contribution in [0.3, 0.4) is 0 Å². The first-order valence-corrected chi connectivity index (χ1v) is 20.5. The molecule has 57 heavy (non-hydrogen) atoms. The molecule has 5 atom stereocenters. The van der Waals surface area contributed by atoms with Crippen molar-refractivity contribution in [3.63, 3.8) is 0 Å². The number of ether oxygens (including phenoxy) is 5. The molecule has 1 fully saturated rings. The summed E-state index contributed by atoms with van der Waals surface area (Å²) in [5, 5.41) is 15.6. The summed E-state index contributed by atoms with van der Waals surface area (Å²) in [5.74, 6) is 0. The maximum Gasteiger partial charge on any atom is 0.117 e. The van der Waals surface area contributed by atoms with Crippen LogP contribution in [0.15, 0.2) is 169 Å². The van der Waals surface area contributed by atoms with Crippen molar-refractivity contribution in [2.45, 2.75) is 70.0 Å². The van der Waals surface area contributed by atoms with Gasteiger partial charge in [-0.25, -0.2) is 0 Å². The topological polar surface area (TPSA) is 66.4 Å². The average molecular weight is 777 g/mol. The first kappa shape index (κ1) is 38.9. The van der Waals surface area contributed by atoms with Crippen LogP contribution in [0.5, 0.6) is 0 Å². The maximum atomic E-state index is 10.9. The average Bonchev–Trinajstić information content (AvgIpc) is 3.68. The molecule has 0 bridgehead atoms. The standard InChI is InChI=1S/C50H48O6S/c51-29-41-26-25-40(28-46-43-24-14-13-23-42(43)35-57-46)27-44(41)47-49(54-32-38-19-9-3-10-20-38)50(55-33-39-21-11-4-12-22-39)48(53-31-37-17-7-2-8-18-37)45(56-47)34-52-30-36-15-5-1-6-16-36/h1-27,35,45,47-51H,28-34H2/t45-,47+,48-,49+,50+/m1/s1. The molecule has 0 radical (unpaired) electrons. The number of thiophene rings is 1. The second kappa shape index (κ2) is 19.5. The zero-order chi connectivity index (χ0) is 38.7. The fraction of sp³-hybridized carbons (Fsp3) is 0.240. The molecular formula is C50H48O6S. The van der Waals surface area contributed by atoms with Crippen LogP contribution in [-0.2, 0) is 63.1 Å². The molecule has 0 amide bonds. The summed E-state index contributed by atoms with van der Waals surface area (Å²) >= 11 is 1.77. The van der Waals surface area contributed by atoms with Gasteiger partial charge in [-0.1, -0.05) is 164 Å². The predicted octanol–water partition coefficient (Wildman–Crippen LogP) is 10.4. The van der Waals surface area contributed by atoms with Crippen LogP contribution in [0.25, 0.3) is 10.8 Å². The monoisotopic (exact) mass is 776 g/mol. The van der Waals surface area contributed by atoms with E-state index in [4.69, 9.17) is 23.7 Å². The number of hydrogen-bond donors (Lipinski definition) is 1. The Balaban J connectivity index is 1.19. The number of benzene rings is 6. The molecule has 0 aliphatic carbocycles. The molecule has 6 aromatic carbocycles. The van der Waals surface area contributed by atoms with E-state index in [-0.39, 0.29) is 13.2 Å². The van der Waals surface area contributed by atoms with E-state index in [1.54, 1.807) is 11.3 Å². The van der Waals surface area contributed by atoms with Crippen molar-refractivity contribution in [1.29, 1.82) is 0 Å². The van der Waals surface area contributed by atoms with Crippen LogP contribution in [-0.4, -0.2) is 36.1 Å². The van der Waals surface area contributed by atoms with Gasteiger partial charge >= 0.3 is 0 Å². The number of rotatable bonds is 17. The number of aliphatic hydroxyl groups excluding tert-OH is 1. The minimum Gasteiger partial charge on any atom is -0.392 e. The summed E-state index contributed by atoms with van der Waals surface area (Å²) < 4.78 is 34.6. The van der Waals surface area contributed by atoms with Crippen LogP contribution in [0, 0.1) is 0 Å². The molecule has 0 spiro atoms. The summed E-state index contributed by atoms with van der Waals surface area (Å²) in [7, 11) is 0. The van der Waals surface area contributed by atoms with E-state index in [0.717, 1.165) is 45.4 Å². The smallest absolute Gasteiger partial charge is 0.117 e. The largest absolute Gasteiger partial charge is 0.392 e. The van der Waals surface area contributed by atoms with Gasteiger partial charge in [0.05, 0.1) is 39.6 Å². The first-order chi connectivity index (χ1) is 28.2. The van der Waals surface area contributed by atoms with E-state index in [2.05, 4.69) is 90.3 Å². The Morgan fingerprint density at radius 3 is 1.65 bits per heavy atom. The van der Waals surface area contributed by atoms with E-state index < -0.39 is 30.5 Å². The molecule has 1 aliphatic heterocycles. The Hall–Kier alpha value is -4.96. The summed E-state index contributed by atoms with van der Waals surface area (Å²) in [6.45, 7) is 1.58. The third-order valence-electron chi connectivity index (χ3n) is 10.5. The van der Waals surface area contributed by atoms with Crippen molar-refractivity contribution in [2.75, 3.05) is 6.61 Å². The molecule has 290 valence electrons. The van der Waals surface area contributed by atoms with Crippen molar-refractivity contribution in [2.24, 2.45) is 0 Å². The third kappa shape index (κ3) is 9.96. The lowest BCUT2D eigenvalue weighted by Gasteiger charge is -2.47. The Kier molecular flexibility index (Phi) is 13.3. The Bertz CT molecular complexity index is 2260. The van der Waals surface area contributed by atoms with Gasteiger partial charge in [-0.2, -0.15) is 0 Å². The van der Waals surface area contributed by atoms with Crippen molar-refractivity contribution >= 4 is 22.1 Å². The summed E-state index contributed by atoms with van der Waals surface area (Å²) in [6.07, 6.45) is -2.13. The zero-order valence-electron chi connectivity index (χ0n) is 31.9. The van der Waals surface area contributed by atoms with Crippen LogP contribution in [0.1, 0.15) is 49.9 Å². The second-order valence-electron chi connectivity index (χ2n) is 14.5. The SMILES string of the molecule is OCc1ccc(Cc2scc3ccccc23)cc1[C@@H]1O[C@H](COCc2ccccc2)[C@@H](OCc2ccccc2)[C@H](OCc2ccccc2)[C@H]1OCc1ccccc1. The van der Waals surface area contributed by atoms with E-state index in [9.17, 15) is 5.11 Å². The fourth-order valence-corrected chi connectivity index (χ4v) is 8.61. The highest BCUT2D eigenvalue weighted by Gasteiger charge is 2.49. The predicted molar refractivity (Wildman–Crippen MR) is 226 cm³/mol. The highest BCUT2D eigenvalue weighted by molar-refractivity contribution is 7.11. The van der Waals surface area contributed by atoms with Crippen molar-refractivity contribution in [3.8, 4) is 0 Å². The van der Waals surface area contributed by atoms with E-state index in [0.29, 0.717) is 26.4 Å². The van der Waals surface area contributed by atoms with E-state index in [1.807, 2.05) is 78.9 Å². The molecule has 8 rings (SSSR count). The van der Waals surface area contributed by atoms with Gasteiger partial charge in [-0.15, -0.1) is 11.3 Å². The molecule has 1 aromatic heterocycles. The zero-order valence-corrected chi connectivity index (χ0v) is 32.7. The molecule has 2 heterocycles. The maximum absolute atomic E-state index is 10.9. The van der Waals surface area contributed by atoms with Gasteiger partial charge in [-0.05, 0) is 55.1 Å². The summed E-state index contributed by atoms with van der Waals surface area (Å²) in [5.41, 5.74) is 6.98. The van der Waals surface area contributed by atoms with Crippen molar-refractivity contribution < 1.29 is 28.8 Å². The molecule has 1 N–H and O–H groups in total. The lowest BCUT2D eigenvalue weighted by atomic mass is 9.87. The van der Waals surface area contributed by atoms with Crippen LogP contribution in [0.2, 0.25) is 0 Å². The van der Waals surface area contributed by atoms with Crippen molar-refractivity contribution in [1.82, 2.24) is 0 Å². The normalized spacial score (nSPS) is 19.5. The van der Waals surface area contributed by atoms with Crippen LogP contribution in [0.4, 0.5) is 0 Å². The molecule has 7 aromatic rings. The lowest BCUT2D eigenvalue weighted by Crippen LogP contribution is -2.58. The molecule has 6 nitrogen and oxygen atoms in total. The second-order valence-corrected chi connectivity index (χ2v) is 15.5. The fourth-order valence-electron chi connectivity index (χ4n) is 7.58. The van der Waals surface area contributed by atoms with Gasteiger partial charge in [-0.3, -0.25) is 0 Å². The first-order valence-electron chi connectivity index (χ1n) is 19.6. The molecule has 1 aliphatic rings. The quantitative estimate of drug-likeness (QED) is 0.0994.